The van der Waals surface area contributed by atoms with E-state index in [1.807, 2.05) is 0 Å². The Morgan fingerprint density at radius 3 is 2.70 bits per heavy atom. The molecule has 0 radical (unpaired) electrons. The van der Waals surface area contributed by atoms with Crippen LogP contribution in [0.15, 0.2) is 0 Å². The van der Waals surface area contributed by atoms with Gasteiger partial charge in [0.05, 0.1) is 0 Å². The Bertz CT molecular complexity index is 215. The van der Waals surface area contributed by atoms with Gasteiger partial charge in [0, 0.05) is 5.54 Å². The van der Waals surface area contributed by atoms with Crippen molar-refractivity contribution < 1.29 is 0 Å². The van der Waals surface area contributed by atoms with E-state index in [2.05, 4.69) is 0 Å². The summed E-state index contributed by atoms with van der Waals surface area (Å²) < 4.78 is 0. The summed E-state index contributed by atoms with van der Waals surface area (Å²) in [6.07, 6.45) is 4.42. The van der Waals surface area contributed by atoms with Crippen LogP contribution < -0.4 is 5.73 Å². The molecular formula is C9H13N. The minimum Gasteiger partial charge on any atom is -0.325 e. The van der Waals surface area contributed by atoms with E-state index < -0.39 is 0 Å². The third-order valence-electron chi connectivity index (χ3n) is 4.59. The van der Waals surface area contributed by atoms with Crippen molar-refractivity contribution in [2.24, 2.45) is 35.3 Å². The smallest absolute Gasteiger partial charge is 0.0221 e. The molecule has 0 heterocycles. The van der Waals surface area contributed by atoms with Gasteiger partial charge in [0.2, 0.25) is 0 Å². The zero-order chi connectivity index (χ0) is 6.51. The summed E-state index contributed by atoms with van der Waals surface area (Å²) in [7, 11) is 0. The number of hydrogen-bond donors (Lipinski definition) is 1. The SMILES string of the molecule is NC12CC1C1CC1C1CC12. The van der Waals surface area contributed by atoms with Crippen LogP contribution in [0, 0.1) is 29.6 Å². The van der Waals surface area contributed by atoms with Gasteiger partial charge in [-0.3, -0.25) is 0 Å². The first-order valence-electron chi connectivity index (χ1n) is 4.59. The normalized spacial score (nSPS) is 80.7. The van der Waals surface area contributed by atoms with Crippen LogP contribution in [0.4, 0.5) is 0 Å². The molecule has 4 fully saturated rings. The maximum atomic E-state index is 6.25. The molecule has 0 aromatic carbocycles. The lowest BCUT2D eigenvalue weighted by Gasteiger charge is -2.15. The molecule has 1 nitrogen and oxygen atoms in total. The number of rotatable bonds is 0. The van der Waals surface area contributed by atoms with Crippen LogP contribution in [0.1, 0.15) is 19.3 Å². The highest BCUT2D eigenvalue weighted by Crippen LogP contribution is 2.78. The van der Waals surface area contributed by atoms with Gasteiger partial charge in [0.15, 0.2) is 0 Å². The lowest BCUT2D eigenvalue weighted by Crippen LogP contribution is -2.31. The van der Waals surface area contributed by atoms with Gasteiger partial charge in [-0.05, 0) is 48.9 Å². The molecule has 54 valence electrons. The maximum absolute atomic E-state index is 6.25. The van der Waals surface area contributed by atoms with Crippen molar-refractivity contribution in [3.8, 4) is 0 Å². The standard InChI is InChI=1S/C9H13N/c10-9-3-8(9)5-1-4(5)6-2-7(6)9/h4-8H,1-3,10H2. The summed E-state index contributed by atoms with van der Waals surface area (Å²) in [6, 6.07) is 0. The fourth-order valence-electron chi connectivity index (χ4n) is 3.79. The third-order valence-corrected chi connectivity index (χ3v) is 4.59. The molecule has 0 saturated heterocycles. The Kier molecular flexibility index (Phi) is 0.471. The number of nitrogens with two attached hydrogens (primary N) is 1. The van der Waals surface area contributed by atoms with Crippen LogP contribution in [-0.4, -0.2) is 5.54 Å². The Labute approximate surface area is 61.0 Å². The molecule has 4 aliphatic carbocycles. The van der Waals surface area contributed by atoms with Crippen molar-refractivity contribution in [1.82, 2.24) is 0 Å². The van der Waals surface area contributed by atoms with Gasteiger partial charge in [-0.1, -0.05) is 0 Å². The molecule has 2 N–H and O–H groups in total. The van der Waals surface area contributed by atoms with Gasteiger partial charge in [0.25, 0.3) is 0 Å². The Hall–Kier alpha value is -0.0400. The molecule has 0 aromatic rings. The highest BCUT2D eigenvalue weighted by atomic mass is 15.0. The van der Waals surface area contributed by atoms with Crippen molar-refractivity contribution in [3.05, 3.63) is 0 Å². The first-order chi connectivity index (χ1) is 4.81. The summed E-state index contributed by atoms with van der Waals surface area (Å²) in [6.45, 7) is 0. The van der Waals surface area contributed by atoms with E-state index in [1.165, 1.54) is 12.8 Å². The zero-order valence-corrected chi connectivity index (χ0v) is 6.09. The minimum atomic E-state index is 0.391. The second-order valence-electron chi connectivity index (χ2n) is 4.99. The molecule has 10 heavy (non-hydrogen) atoms. The van der Waals surface area contributed by atoms with E-state index in [1.54, 1.807) is 6.42 Å². The quantitative estimate of drug-likeness (QED) is 0.526. The van der Waals surface area contributed by atoms with Gasteiger partial charge in [-0.15, -0.1) is 0 Å². The first-order valence-corrected chi connectivity index (χ1v) is 4.59. The molecule has 0 aliphatic heterocycles. The predicted octanol–water partition coefficient (Wildman–Crippen LogP) is 0.990. The molecule has 0 amide bonds. The molecule has 0 bridgehead atoms. The lowest BCUT2D eigenvalue weighted by atomic mass is 9.96. The van der Waals surface area contributed by atoms with Crippen molar-refractivity contribution in [2.75, 3.05) is 0 Å². The number of fused-ring (bicyclic) bond motifs is 6. The van der Waals surface area contributed by atoms with Gasteiger partial charge in [-0.2, -0.15) is 0 Å². The molecule has 1 heteroatoms. The van der Waals surface area contributed by atoms with Gasteiger partial charge in [-0.25, -0.2) is 0 Å². The monoisotopic (exact) mass is 135 g/mol. The first kappa shape index (κ1) is 4.76. The van der Waals surface area contributed by atoms with Crippen molar-refractivity contribution in [3.63, 3.8) is 0 Å². The molecule has 6 atom stereocenters. The Morgan fingerprint density at radius 2 is 1.80 bits per heavy atom. The van der Waals surface area contributed by atoms with E-state index in [-0.39, 0.29) is 0 Å². The van der Waals surface area contributed by atoms with Crippen LogP contribution in [0.5, 0.6) is 0 Å². The summed E-state index contributed by atoms with van der Waals surface area (Å²) in [4.78, 5) is 0. The minimum absolute atomic E-state index is 0.391. The molecular weight excluding hydrogens is 122 g/mol. The van der Waals surface area contributed by atoms with E-state index in [0.29, 0.717) is 5.54 Å². The summed E-state index contributed by atoms with van der Waals surface area (Å²) >= 11 is 0. The molecule has 0 spiro atoms. The van der Waals surface area contributed by atoms with Crippen molar-refractivity contribution >= 4 is 0 Å². The largest absolute Gasteiger partial charge is 0.325 e. The second-order valence-corrected chi connectivity index (χ2v) is 4.99. The van der Waals surface area contributed by atoms with E-state index in [9.17, 15) is 0 Å². The fourth-order valence-corrected chi connectivity index (χ4v) is 3.79. The van der Waals surface area contributed by atoms with E-state index in [0.717, 1.165) is 29.6 Å². The van der Waals surface area contributed by atoms with Crippen LogP contribution in [0.3, 0.4) is 0 Å². The fraction of sp³-hybridized carbons (Fsp3) is 1.00. The summed E-state index contributed by atoms with van der Waals surface area (Å²) in [5.41, 5.74) is 6.65. The van der Waals surface area contributed by atoms with E-state index >= 15 is 0 Å². The second kappa shape index (κ2) is 0.989. The molecule has 4 rings (SSSR count). The molecule has 4 aliphatic rings. The molecule has 4 saturated carbocycles. The average Bonchev–Trinajstić information content (AvgIpc) is 2.64. The summed E-state index contributed by atoms with van der Waals surface area (Å²) in [5, 5.41) is 0. The maximum Gasteiger partial charge on any atom is 0.0221 e. The highest BCUT2D eigenvalue weighted by Gasteiger charge is 2.77. The van der Waals surface area contributed by atoms with Gasteiger partial charge in [0.1, 0.15) is 0 Å². The topological polar surface area (TPSA) is 26.0 Å². The van der Waals surface area contributed by atoms with Crippen molar-refractivity contribution in [2.45, 2.75) is 24.8 Å². The van der Waals surface area contributed by atoms with Gasteiger partial charge < -0.3 is 5.73 Å². The zero-order valence-electron chi connectivity index (χ0n) is 6.09. The third kappa shape index (κ3) is 0.315. The molecule has 6 unspecified atom stereocenters. The highest BCUT2D eigenvalue weighted by molar-refractivity contribution is 5.29. The van der Waals surface area contributed by atoms with Crippen LogP contribution in [-0.2, 0) is 0 Å². The number of hydrogen-bond acceptors (Lipinski definition) is 1. The van der Waals surface area contributed by atoms with E-state index in [4.69, 9.17) is 5.73 Å². The lowest BCUT2D eigenvalue weighted by molar-refractivity contribution is 0.388. The Morgan fingerprint density at radius 1 is 1.00 bits per heavy atom. The predicted molar refractivity (Wildman–Crippen MR) is 38.2 cm³/mol. The molecule has 0 aromatic heterocycles. The summed E-state index contributed by atoms with van der Waals surface area (Å²) in [5.74, 6) is 5.35. The van der Waals surface area contributed by atoms with Crippen LogP contribution >= 0.6 is 0 Å². The van der Waals surface area contributed by atoms with Crippen LogP contribution in [0.2, 0.25) is 0 Å². The van der Waals surface area contributed by atoms with Crippen molar-refractivity contribution in [1.29, 1.82) is 0 Å². The average molecular weight is 135 g/mol. The van der Waals surface area contributed by atoms with Gasteiger partial charge >= 0.3 is 0 Å². The van der Waals surface area contributed by atoms with Crippen LogP contribution in [0.25, 0.3) is 0 Å². The Balaban J connectivity index is 1.84.